The monoisotopic (exact) mass is 423 g/mol. The number of nitro groups is 1. The van der Waals surface area contributed by atoms with Gasteiger partial charge in [0.2, 0.25) is 0 Å². The van der Waals surface area contributed by atoms with Crippen LogP contribution in [0, 0.1) is 15.9 Å². The third-order valence-electron chi connectivity index (χ3n) is 5.29. The summed E-state index contributed by atoms with van der Waals surface area (Å²) in [6, 6.07) is 13.5. The van der Waals surface area contributed by atoms with Gasteiger partial charge >= 0.3 is 0 Å². The molecule has 4 rings (SSSR count). The van der Waals surface area contributed by atoms with E-state index < -0.39 is 10.7 Å². The van der Waals surface area contributed by atoms with Crippen LogP contribution < -0.4 is 5.32 Å². The Morgan fingerprint density at radius 1 is 1.13 bits per heavy atom. The second-order valence-electron chi connectivity index (χ2n) is 7.39. The van der Waals surface area contributed by atoms with E-state index >= 15 is 0 Å². The van der Waals surface area contributed by atoms with E-state index in [4.69, 9.17) is 0 Å². The van der Waals surface area contributed by atoms with Gasteiger partial charge in [-0.3, -0.25) is 14.9 Å². The van der Waals surface area contributed by atoms with Gasteiger partial charge in [-0.2, -0.15) is 5.10 Å². The number of amides is 1. The Balaban J connectivity index is 1.66. The molecule has 1 amide bonds. The van der Waals surface area contributed by atoms with Crippen LogP contribution in [0.1, 0.15) is 23.3 Å². The fourth-order valence-electron chi connectivity index (χ4n) is 3.70. The minimum atomic E-state index is -0.513. The Morgan fingerprint density at radius 2 is 1.90 bits per heavy atom. The van der Waals surface area contributed by atoms with Crippen LogP contribution >= 0.6 is 0 Å². The third-order valence-corrected chi connectivity index (χ3v) is 5.29. The largest absolute Gasteiger partial charge is 0.349 e. The first-order valence-corrected chi connectivity index (χ1v) is 10.1. The zero-order valence-corrected chi connectivity index (χ0v) is 16.8. The number of benzene rings is 2. The highest BCUT2D eigenvalue weighted by Crippen LogP contribution is 2.25. The highest BCUT2D eigenvalue weighted by molar-refractivity contribution is 5.94. The van der Waals surface area contributed by atoms with E-state index in [1.807, 2.05) is 0 Å². The number of carbonyl (C=O) groups is 1. The van der Waals surface area contributed by atoms with Gasteiger partial charge in [0.25, 0.3) is 11.6 Å². The van der Waals surface area contributed by atoms with Crippen LogP contribution in [0.4, 0.5) is 10.1 Å². The van der Waals surface area contributed by atoms with E-state index in [1.165, 1.54) is 47.9 Å². The van der Waals surface area contributed by atoms with Gasteiger partial charge in [0.1, 0.15) is 11.5 Å². The molecule has 0 bridgehead atoms. The van der Waals surface area contributed by atoms with Gasteiger partial charge in [-0.25, -0.2) is 9.07 Å². The molecule has 1 saturated heterocycles. The minimum Gasteiger partial charge on any atom is -0.349 e. The van der Waals surface area contributed by atoms with E-state index in [1.54, 1.807) is 24.3 Å². The fraction of sp³-hybridized carbons (Fsp3) is 0.273. The van der Waals surface area contributed by atoms with Crippen molar-refractivity contribution in [3.63, 3.8) is 0 Å². The summed E-state index contributed by atoms with van der Waals surface area (Å²) in [7, 11) is 0. The number of nitrogens with one attached hydrogen (secondary N) is 1. The topological polar surface area (TPSA) is 93.3 Å². The van der Waals surface area contributed by atoms with Crippen molar-refractivity contribution in [2.45, 2.75) is 12.8 Å². The molecule has 31 heavy (non-hydrogen) atoms. The van der Waals surface area contributed by atoms with Crippen LogP contribution in [0.25, 0.3) is 16.9 Å². The van der Waals surface area contributed by atoms with Crippen LogP contribution in [0.15, 0.2) is 54.6 Å². The molecule has 3 aromatic rings. The summed E-state index contributed by atoms with van der Waals surface area (Å²) in [5.74, 6) is -0.840. The fourth-order valence-corrected chi connectivity index (χ4v) is 3.70. The average Bonchev–Trinajstić information content (AvgIpc) is 3.44. The molecule has 0 atom stereocenters. The van der Waals surface area contributed by atoms with Gasteiger partial charge < -0.3 is 10.2 Å². The van der Waals surface area contributed by atoms with Crippen molar-refractivity contribution in [2.24, 2.45) is 0 Å². The zero-order chi connectivity index (χ0) is 21.8. The maximum Gasteiger partial charge on any atom is 0.271 e. The van der Waals surface area contributed by atoms with Gasteiger partial charge in [-0.15, -0.1) is 0 Å². The molecule has 160 valence electrons. The van der Waals surface area contributed by atoms with Gasteiger partial charge in [-0.1, -0.05) is 18.2 Å². The number of rotatable bonds is 7. The molecule has 2 aromatic carbocycles. The second-order valence-corrected chi connectivity index (χ2v) is 7.39. The maximum atomic E-state index is 14.3. The number of hydrogen-bond acceptors (Lipinski definition) is 5. The number of likely N-dealkylation sites (tertiary alicyclic amines) is 1. The Bertz CT molecular complexity index is 1110. The normalized spacial score (nSPS) is 14.0. The Morgan fingerprint density at radius 3 is 2.65 bits per heavy atom. The molecule has 8 nitrogen and oxygen atoms in total. The number of nitrogens with zero attached hydrogens (tertiary/aromatic N) is 4. The van der Waals surface area contributed by atoms with E-state index in [9.17, 15) is 19.3 Å². The molecule has 0 unspecified atom stereocenters. The molecule has 1 aromatic heterocycles. The van der Waals surface area contributed by atoms with Crippen molar-refractivity contribution in [3.8, 4) is 16.9 Å². The Labute approximate surface area is 178 Å². The first-order valence-electron chi connectivity index (χ1n) is 10.1. The molecular weight excluding hydrogens is 401 g/mol. The lowest BCUT2D eigenvalue weighted by atomic mass is 10.1. The van der Waals surface area contributed by atoms with Crippen molar-refractivity contribution in [2.75, 3.05) is 26.2 Å². The predicted octanol–water partition coefficient (Wildman–Crippen LogP) is 3.41. The summed E-state index contributed by atoms with van der Waals surface area (Å²) in [6.45, 7) is 3.27. The van der Waals surface area contributed by atoms with Gasteiger partial charge in [0, 0.05) is 30.8 Å². The second kappa shape index (κ2) is 9.05. The highest BCUT2D eigenvalue weighted by atomic mass is 19.1. The first kappa shape index (κ1) is 20.7. The van der Waals surface area contributed by atoms with Gasteiger partial charge in [0.05, 0.1) is 16.3 Å². The van der Waals surface area contributed by atoms with Crippen LogP contribution in [-0.2, 0) is 0 Å². The van der Waals surface area contributed by atoms with Crippen molar-refractivity contribution in [1.82, 2.24) is 20.0 Å². The molecule has 0 radical (unpaired) electrons. The smallest absolute Gasteiger partial charge is 0.271 e. The van der Waals surface area contributed by atoms with E-state index in [-0.39, 0.29) is 28.5 Å². The lowest BCUT2D eigenvalue weighted by Crippen LogP contribution is -2.34. The molecule has 2 heterocycles. The SMILES string of the molecule is O=C(NCCN1CCCC1)c1cc(-c2ccccc2F)nn1-c1cccc([N+](=O)[O-])c1. The molecule has 1 aliphatic heterocycles. The first-order chi connectivity index (χ1) is 15.0. The summed E-state index contributed by atoms with van der Waals surface area (Å²) in [5.41, 5.74) is 0.926. The van der Waals surface area contributed by atoms with Crippen molar-refractivity contribution >= 4 is 11.6 Å². The van der Waals surface area contributed by atoms with Crippen LogP contribution in [0.3, 0.4) is 0 Å². The minimum absolute atomic E-state index is 0.124. The number of carbonyl (C=O) groups excluding carboxylic acids is 1. The molecule has 9 heteroatoms. The molecule has 0 spiro atoms. The molecule has 1 aliphatic rings. The Kier molecular flexibility index (Phi) is 6.03. The van der Waals surface area contributed by atoms with E-state index in [0.717, 1.165) is 19.6 Å². The standard InChI is InChI=1S/C22H22FN5O3/c23-19-9-2-1-8-18(19)20-15-21(22(29)24-10-13-26-11-3-4-12-26)27(25-20)16-6-5-7-17(14-16)28(30)31/h1-2,5-9,14-15H,3-4,10-13H2,(H,24,29). The zero-order valence-electron chi connectivity index (χ0n) is 16.8. The number of non-ortho nitro benzene ring substituents is 1. The van der Waals surface area contributed by atoms with Crippen LogP contribution in [-0.4, -0.2) is 51.7 Å². The maximum absolute atomic E-state index is 14.3. The highest BCUT2D eigenvalue weighted by Gasteiger charge is 2.20. The summed E-state index contributed by atoms with van der Waals surface area (Å²) in [5, 5.41) is 18.5. The van der Waals surface area contributed by atoms with Crippen LogP contribution in [0.5, 0.6) is 0 Å². The van der Waals surface area contributed by atoms with Crippen molar-refractivity contribution in [3.05, 3.63) is 76.2 Å². The molecule has 1 N–H and O–H groups in total. The molecule has 0 aliphatic carbocycles. The summed E-state index contributed by atoms with van der Waals surface area (Å²) < 4.78 is 15.6. The number of aromatic nitrogens is 2. The van der Waals surface area contributed by atoms with E-state index in [0.29, 0.717) is 12.2 Å². The van der Waals surface area contributed by atoms with Crippen LogP contribution in [0.2, 0.25) is 0 Å². The lowest BCUT2D eigenvalue weighted by molar-refractivity contribution is -0.384. The molecular formula is C22H22FN5O3. The third kappa shape index (κ3) is 4.61. The average molecular weight is 423 g/mol. The number of hydrogen-bond donors (Lipinski definition) is 1. The summed E-state index contributed by atoms with van der Waals surface area (Å²) in [6.07, 6.45) is 2.33. The molecule has 1 fully saturated rings. The van der Waals surface area contributed by atoms with Crippen molar-refractivity contribution < 1.29 is 14.1 Å². The summed E-state index contributed by atoms with van der Waals surface area (Å²) in [4.78, 5) is 25.9. The van der Waals surface area contributed by atoms with Gasteiger partial charge in [-0.05, 0) is 50.2 Å². The lowest BCUT2D eigenvalue weighted by Gasteiger charge is -2.15. The predicted molar refractivity (Wildman–Crippen MR) is 114 cm³/mol. The Hall–Kier alpha value is -3.59. The van der Waals surface area contributed by atoms with Gasteiger partial charge in [0.15, 0.2) is 0 Å². The number of nitro benzene ring substituents is 1. The summed E-state index contributed by atoms with van der Waals surface area (Å²) >= 11 is 0. The van der Waals surface area contributed by atoms with E-state index in [2.05, 4.69) is 15.3 Å². The quantitative estimate of drug-likeness (QED) is 0.464. The van der Waals surface area contributed by atoms with Crippen molar-refractivity contribution in [1.29, 1.82) is 0 Å². The number of halogens is 1. The molecule has 0 saturated carbocycles.